The molecule has 1 fully saturated rings. The summed E-state index contributed by atoms with van der Waals surface area (Å²) in [7, 11) is 0. The van der Waals surface area contributed by atoms with Crippen molar-refractivity contribution in [2.24, 2.45) is 0 Å². The maximum absolute atomic E-state index is 12.2. The lowest BCUT2D eigenvalue weighted by molar-refractivity contribution is 0.182. The van der Waals surface area contributed by atoms with Gasteiger partial charge in [0, 0.05) is 22.8 Å². The molecule has 6 heteroatoms. The van der Waals surface area contributed by atoms with E-state index in [1.807, 2.05) is 44.2 Å². The van der Waals surface area contributed by atoms with E-state index >= 15 is 0 Å². The van der Waals surface area contributed by atoms with Crippen molar-refractivity contribution in [2.45, 2.75) is 25.9 Å². The molecular formula is C19H20N4O2. The zero-order chi connectivity index (χ0) is 17.4. The van der Waals surface area contributed by atoms with E-state index in [9.17, 15) is 4.79 Å². The van der Waals surface area contributed by atoms with E-state index in [4.69, 9.17) is 4.74 Å². The van der Waals surface area contributed by atoms with Crippen molar-refractivity contribution in [3.8, 4) is 0 Å². The molecule has 0 aliphatic carbocycles. The summed E-state index contributed by atoms with van der Waals surface area (Å²) in [6.07, 6.45) is 0. The fourth-order valence-corrected chi connectivity index (χ4v) is 3.31. The Bertz CT molecular complexity index is 983. The normalized spacial score (nSPS) is 20.1. The molecule has 2 aromatic heterocycles. The number of aromatic nitrogens is 3. The Labute approximate surface area is 145 Å². The zero-order valence-corrected chi connectivity index (χ0v) is 14.3. The summed E-state index contributed by atoms with van der Waals surface area (Å²) in [4.78, 5) is 16.8. The number of nitrogens with one attached hydrogen (secondary N) is 1. The summed E-state index contributed by atoms with van der Waals surface area (Å²) in [6, 6.07) is 13.2. The largest absolute Gasteiger partial charge is 0.377 e. The number of anilines is 1. The molecule has 0 spiro atoms. The number of pyridine rings is 1. The molecule has 2 unspecified atom stereocenters. The molecule has 3 aromatic rings. The van der Waals surface area contributed by atoms with Crippen LogP contribution in [0.3, 0.4) is 0 Å². The number of para-hydroxylation sites is 1. The van der Waals surface area contributed by atoms with Crippen molar-refractivity contribution in [2.75, 3.05) is 18.5 Å². The maximum Gasteiger partial charge on any atom is 0.267 e. The lowest BCUT2D eigenvalue weighted by atomic mass is 10.1. The minimum absolute atomic E-state index is 0.0304. The third-order valence-electron chi connectivity index (χ3n) is 4.51. The number of hydrogen-bond acceptors (Lipinski definition) is 5. The molecule has 2 atom stereocenters. The van der Waals surface area contributed by atoms with Crippen molar-refractivity contribution in [3.63, 3.8) is 0 Å². The SMILES string of the molecule is Cc1cc(NC2COCC2n2nc(C)ccc2=O)c2ccccc2n1. The van der Waals surface area contributed by atoms with Gasteiger partial charge in [-0.15, -0.1) is 0 Å². The van der Waals surface area contributed by atoms with Gasteiger partial charge in [-0.25, -0.2) is 4.68 Å². The predicted molar refractivity (Wildman–Crippen MR) is 97.0 cm³/mol. The Morgan fingerprint density at radius 2 is 1.96 bits per heavy atom. The molecule has 0 radical (unpaired) electrons. The topological polar surface area (TPSA) is 69.0 Å². The lowest BCUT2D eigenvalue weighted by Crippen LogP contribution is -2.37. The summed E-state index contributed by atoms with van der Waals surface area (Å²) in [5, 5.41) is 9.01. The van der Waals surface area contributed by atoms with Crippen molar-refractivity contribution in [1.29, 1.82) is 0 Å². The van der Waals surface area contributed by atoms with Crippen LogP contribution in [-0.2, 0) is 4.74 Å². The summed E-state index contributed by atoms with van der Waals surface area (Å²) < 4.78 is 7.19. The summed E-state index contributed by atoms with van der Waals surface area (Å²) >= 11 is 0. The Morgan fingerprint density at radius 1 is 1.12 bits per heavy atom. The lowest BCUT2D eigenvalue weighted by Gasteiger charge is -2.22. The Balaban J connectivity index is 1.71. The third kappa shape index (κ3) is 3.00. The van der Waals surface area contributed by atoms with Crippen LogP contribution in [0.5, 0.6) is 0 Å². The molecule has 25 heavy (non-hydrogen) atoms. The number of hydrogen-bond donors (Lipinski definition) is 1. The zero-order valence-electron chi connectivity index (χ0n) is 14.3. The molecule has 1 aromatic carbocycles. The number of ether oxygens (including phenoxy) is 1. The highest BCUT2D eigenvalue weighted by molar-refractivity contribution is 5.91. The molecule has 1 aliphatic rings. The van der Waals surface area contributed by atoms with Crippen LogP contribution in [0.25, 0.3) is 10.9 Å². The smallest absolute Gasteiger partial charge is 0.267 e. The molecule has 1 N–H and O–H groups in total. The van der Waals surface area contributed by atoms with Gasteiger partial charge in [0.15, 0.2) is 0 Å². The molecule has 4 rings (SSSR count). The molecule has 1 saturated heterocycles. The van der Waals surface area contributed by atoms with E-state index in [0.29, 0.717) is 13.2 Å². The van der Waals surface area contributed by atoms with Gasteiger partial charge in [-0.1, -0.05) is 18.2 Å². The van der Waals surface area contributed by atoms with Gasteiger partial charge in [0.1, 0.15) is 6.04 Å². The molecule has 0 bridgehead atoms. The van der Waals surface area contributed by atoms with Crippen molar-refractivity contribution in [1.82, 2.24) is 14.8 Å². The monoisotopic (exact) mass is 336 g/mol. The second-order valence-electron chi connectivity index (χ2n) is 6.44. The highest BCUT2D eigenvalue weighted by Gasteiger charge is 2.31. The van der Waals surface area contributed by atoms with Crippen LogP contribution in [0.15, 0.2) is 47.3 Å². The molecule has 0 amide bonds. The average molecular weight is 336 g/mol. The number of benzene rings is 1. The molecule has 3 heterocycles. The number of aryl methyl sites for hydroxylation is 2. The summed E-state index contributed by atoms with van der Waals surface area (Å²) in [5.74, 6) is 0. The first kappa shape index (κ1) is 15.8. The van der Waals surface area contributed by atoms with Gasteiger partial charge < -0.3 is 10.1 Å². The number of nitrogens with zero attached hydrogens (tertiary/aromatic N) is 3. The minimum atomic E-state index is -0.139. The van der Waals surface area contributed by atoms with Crippen LogP contribution < -0.4 is 10.9 Å². The average Bonchev–Trinajstić information content (AvgIpc) is 3.05. The first-order valence-electron chi connectivity index (χ1n) is 8.39. The maximum atomic E-state index is 12.2. The van der Waals surface area contributed by atoms with E-state index < -0.39 is 0 Å². The molecule has 1 aliphatic heterocycles. The number of fused-ring (bicyclic) bond motifs is 1. The standard InChI is InChI=1S/C19H20N4O2/c1-12-7-8-19(24)23(22-12)18-11-25-10-17(18)21-16-9-13(2)20-15-6-4-3-5-14(15)16/h3-9,17-18H,10-11H2,1-2H3,(H,20,21). The quantitative estimate of drug-likeness (QED) is 0.796. The highest BCUT2D eigenvalue weighted by atomic mass is 16.5. The van der Waals surface area contributed by atoms with E-state index in [0.717, 1.165) is 28.0 Å². The van der Waals surface area contributed by atoms with Crippen LogP contribution in [0.4, 0.5) is 5.69 Å². The van der Waals surface area contributed by atoms with Gasteiger partial charge in [0.25, 0.3) is 5.56 Å². The van der Waals surface area contributed by atoms with Crippen LogP contribution in [0.1, 0.15) is 17.4 Å². The van der Waals surface area contributed by atoms with Crippen LogP contribution in [-0.4, -0.2) is 34.0 Å². The first-order chi connectivity index (χ1) is 12.1. The molecule has 128 valence electrons. The van der Waals surface area contributed by atoms with E-state index in [1.54, 1.807) is 12.1 Å². The van der Waals surface area contributed by atoms with Crippen LogP contribution >= 0.6 is 0 Å². The van der Waals surface area contributed by atoms with Crippen LogP contribution in [0.2, 0.25) is 0 Å². The third-order valence-corrected chi connectivity index (χ3v) is 4.51. The Kier molecular flexibility index (Phi) is 3.97. The fourth-order valence-electron chi connectivity index (χ4n) is 3.31. The second kappa shape index (κ2) is 6.29. The van der Waals surface area contributed by atoms with E-state index in [1.165, 1.54) is 4.68 Å². The van der Waals surface area contributed by atoms with Gasteiger partial charge in [-0.2, -0.15) is 5.10 Å². The summed E-state index contributed by atoms with van der Waals surface area (Å²) in [6.45, 7) is 4.86. The van der Waals surface area contributed by atoms with Gasteiger partial charge in [-0.05, 0) is 32.0 Å². The predicted octanol–water partition coefficient (Wildman–Crippen LogP) is 2.46. The highest BCUT2D eigenvalue weighted by Crippen LogP contribution is 2.27. The van der Waals surface area contributed by atoms with E-state index in [-0.39, 0.29) is 17.6 Å². The Morgan fingerprint density at radius 3 is 2.84 bits per heavy atom. The second-order valence-corrected chi connectivity index (χ2v) is 6.44. The number of rotatable bonds is 3. The van der Waals surface area contributed by atoms with Crippen LogP contribution in [0, 0.1) is 13.8 Å². The molecular weight excluding hydrogens is 316 g/mol. The van der Waals surface area contributed by atoms with Crippen molar-refractivity contribution < 1.29 is 4.74 Å². The van der Waals surface area contributed by atoms with Gasteiger partial charge >= 0.3 is 0 Å². The van der Waals surface area contributed by atoms with Gasteiger partial charge in [0.2, 0.25) is 0 Å². The van der Waals surface area contributed by atoms with Crippen molar-refractivity contribution >= 4 is 16.6 Å². The first-order valence-corrected chi connectivity index (χ1v) is 8.39. The minimum Gasteiger partial charge on any atom is -0.377 e. The van der Waals surface area contributed by atoms with Crippen molar-refractivity contribution in [3.05, 3.63) is 64.2 Å². The van der Waals surface area contributed by atoms with Gasteiger partial charge in [-0.3, -0.25) is 9.78 Å². The summed E-state index contributed by atoms with van der Waals surface area (Å²) in [5.41, 5.74) is 3.61. The van der Waals surface area contributed by atoms with Gasteiger partial charge in [0.05, 0.1) is 30.5 Å². The van der Waals surface area contributed by atoms with E-state index in [2.05, 4.69) is 15.4 Å². The molecule has 0 saturated carbocycles. The molecule has 6 nitrogen and oxygen atoms in total. The fraction of sp³-hybridized carbons (Fsp3) is 0.316. The Hall–Kier alpha value is -2.73.